The van der Waals surface area contributed by atoms with Crippen molar-refractivity contribution in [1.82, 2.24) is 5.32 Å². The lowest BCUT2D eigenvalue weighted by molar-refractivity contribution is 0.0230. The molecule has 2 heteroatoms. The summed E-state index contributed by atoms with van der Waals surface area (Å²) in [5.74, 6) is 0. The molecular weight excluding hydrogens is 222 g/mol. The fraction of sp³-hybridized carbons (Fsp3) is 0.625. The molecule has 0 saturated heterocycles. The van der Waals surface area contributed by atoms with Crippen molar-refractivity contribution in [2.45, 2.75) is 52.2 Å². The highest BCUT2D eigenvalue weighted by Gasteiger charge is 2.15. The van der Waals surface area contributed by atoms with E-state index in [2.05, 4.69) is 64.2 Å². The second kappa shape index (κ2) is 5.85. The van der Waals surface area contributed by atoms with Crippen LogP contribution in [0, 0.1) is 0 Å². The van der Waals surface area contributed by atoms with E-state index in [1.807, 2.05) is 0 Å². The first-order valence-corrected chi connectivity index (χ1v) is 6.60. The van der Waals surface area contributed by atoms with Crippen molar-refractivity contribution in [2.75, 3.05) is 13.7 Å². The Balaban J connectivity index is 2.50. The quantitative estimate of drug-likeness (QED) is 0.862. The molecule has 1 N–H and O–H groups in total. The van der Waals surface area contributed by atoms with E-state index in [1.165, 1.54) is 11.1 Å². The molecule has 0 bridgehead atoms. The van der Waals surface area contributed by atoms with Gasteiger partial charge in [0.2, 0.25) is 0 Å². The van der Waals surface area contributed by atoms with Crippen LogP contribution in [0.1, 0.15) is 45.7 Å². The minimum absolute atomic E-state index is 0.106. The summed E-state index contributed by atoms with van der Waals surface area (Å²) >= 11 is 0. The monoisotopic (exact) mass is 249 g/mol. The van der Waals surface area contributed by atoms with Gasteiger partial charge in [-0.1, -0.05) is 45.0 Å². The van der Waals surface area contributed by atoms with Gasteiger partial charge in [-0.2, -0.15) is 0 Å². The minimum Gasteiger partial charge on any atom is -0.377 e. The number of benzene rings is 1. The lowest BCUT2D eigenvalue weighted by Crippen LogP contribution is -2.36. The Kier molecular flexibility index (Phi) is 4.94. The van der Waals surface area contributed by atoms with Crippen molar-refractivity contribution in [1.29, 1.82) is 0 Å². The number of ether oxygens (including phenoxy) is 1. The first kappa shape index (κ1) is 15.2. The van der Waals surface area contributed by atoms with Gasteiger partial charge in [0.15, 0.2) is 0 Å². The third-order valence-electron chi connectivity index (χ3n) is 3.25. The topological polar surface area (TPSA) is 21.3 Å². The summed E-state index contributed by atoms with van der Waals surface area (Å²) < 4.78 is 5.38. The van der Waals surface area contributed by atoms with Gasteiger partial charge in [0, 0.05) is 20.2 Å². The zero-order chi connectivity index (χ0) is 13.8. The second-order valence-electron chi connectivity index (χ2n) is 6.51. The summed E-state index contributed by atoms with van der Waals surface area (Å²) in [6.07, 6.45) is 0. The van der Waals surface area contributed by atoms with Crippen LogP contribution in [0.5, 0.6) is 0 Å². The third-order valence-corrected chi connectivity index (χ3v) is 3.25. The van der Waals surface area contributed by atoms with Crippen molar-refractivity contribution >= 4 is 0 Å². The smallest absolute Gasteiger partial charge is 0.0746 e. The standard InChI is InChI=1S/C16H27NO/c1-15(2,3)14-9-7-13(8-10-14)11-17-12-16(4,5)18-6/h7-10,17H,11-12H2,1-6H3. The molecule has 1 aromatic rings. The normalized spacial score (nSPS) is 12.8. The Morgan fingerprint density at radius 2 is 1.56 bits per heavy atom. The fourth-order valence-corrected chi connectivity index (χ4v) is 1.70. The highest BCUT2D eigenvalue weighted by molar-refractivity contribution is 5.27. The molecule has 0 aromatic heterocycles. The largest absolute Gasteiger partial charge is 0.377 e. The van der Waals surface area contributed by atoms with Crippen LogP contribution in [0.4, 0.5) is 0 Å². The van der Waals surface area contributed by atoms with E-state index < -0.39 is 0 Å². The molecule has 0 spiro atoms. The van der Waals surface area contributed by atoms with E-state index in [4.69, 9.17) is 4.74 Å². The molecule has 0 radical (unpaired) electrons. The van der Waals surface area contributed by atoms with Crippen LogP contribution in [0.2, 0.25) is 0 Å². The Morgan fingerprint density at radius 3 is 2.00 bits per heavy atom. The number of hydrogen-bond acceptors (Lipinski definition) is 2. The Hall–Kier alpha value is -0.860. The van der Waals surface area contributed by atoms with E-state index in [9.17, 15) is 0 Å². The van der Waals surface area contributed by atoms with Crippen molar-refractivity contribution in [2.24, 2.45) is 0 Å². The van der Waals surface area contributed by atoms with Gasteiger partial charge >= 0.3 is 0 Å². The first-order chi connectivity index (χ1) is 8.24. The van der Waals surface area contributed by atoms with Crippen LogP contribution >= 0.6 is 0 Å². The molecule has 102 valence electrons. The summed E-state index contributed by atoms with van der Waals surface area (Å²) in [5.41, 5.74) is 2.81. The Labute approximate surface area is 112 Å². The highest BCUT2D eigenvalue weighted by Crippen LogP contribution is 2.22. The molecule has 0 heterocycles. The maximum absolute atomic E-state index is 5.38. The zero-order valence-electron chi connectivity index (χ0n) is 12.6. The molecule has 0 fully saturated rings. The summed E-state index contributed by atoms with van der Waals surface area (Å²) in [5, 5.41) is 3.43. The van der Waals surface area contributed by atoms with E-state index in [-0.39, 0.29) is 11.0 Å². The van der Waals surface area contributed by atoms with Crippen LogP contribution in [0.25, 0.3) is 0 Å². The van der Waals surface area contributed by atoms with Crippen molar-refractivity contribution < 1.29 is 4.74 Å². The average Bonchev–Trinajstić information content (AvgIpc) is 2.28. The number of nitrogens with one attached hydrogen (secondary N) is 1. The lowest BCUT2D eigenvalue weighted by Gasteiger charge is -2.23. The minimum atomic E-state index is -0.106. The molecule has 0 aliphatic heterocycles. The van der Waals surface area contributed by atoms with Gasteiger partial charge in [-0.25, -0.2) is 0 Å². The van der Waals surface area contributed by atoms with Crippen molar-refractivity contribution in [3.8, 4) is 0 Å². The summed E-state index contributed by atoms with van der Waals surface area (Å²) in [7, 11) is 1.75. The highest BCUT2D eigenvalue weighted by atomic mass is 16.5. The Bertz CT molecular complexity index is 360. The molecule has 1 aromatic carbocycles. The molecular formula is C16H27NO. The zero-order valence-corrected chi connectivity index (χ0v) is 12.6. The van der Waals surface area contributed by atoms with Crippen LogP contribution < -0.4 is 5.32 Å². The van der Waals surface area contributed by atoms with Gasteiger partial charge < -0.3 is 10.1 Å². The van der Waals surface area contributed by atoms with E-state index >= 15 is 0 Å². The van der Waals surface area contributed by atoms with Crippen LogP contribution in [0.3, 0.4) is 0 Å². The van der Waals surface area contributed by atoms with E-state index in [0.29, 0.717) is 0 Å². The van der Waals surface area contributed by atoms with Gasteiger partial charge in [0.1, 0.15) is 0 Å². The second-order valence-corrected chi connectivity index (χ2v) is 6.51. The number of methoxy groups -OCH3 is 1. The maximum Gasteiger partial charge on any atom is 0.0746 e. The van der Waals surface area contributed by atoms with Gasteiger partial charge in [0.25, 0.3) is 0 Å². The van der Waals surface area contributed by atoms with E-state index in [1.54, 1.807) is 7.11 Å². The van der Waals surface area contributed by atoms with Crippen molar-refractivity contribution in [3.63, 3.8) is 0 Å². The molecule has 18 heavy (non-hydrogen) atoms. The lowest BCUT2D eigenvalue weighted by atomic mass is 9.87. The summed E-state index contributed by atoms with van der Waals surface area (Å²) in [6.45, 7) is 12.6. The van der Waals surface area contributed by atoms with Crippen LogP contribution in [0.15, 0.2) is 24.3 Å². The van der Waals surface area contributed by atoms with Crippen molar-refractivity contribution in [3.05, 3.63) is 35.4 Å². The fourth-order valence-electron chi connectivity index (χ4n) is 1.70. The van der Waals surface area contributed by atoms with Crippen LogP contribution in [-0.2, 0) is 16.7 Å². The molecule has 2 nitrogen and oxygen atoms in total. The molecule has 0 aliphatic carbocycles. The SMILES string of the molecule is COC(C)(C)CNCc1ccc(C(C)(C)C)cc1. The van der Waals surface area contributed by atoms with Gasteiger partial charge in [-0.3, -0.25) is 0 Å². The maximum atomic E-state index is 5.38. The Morgan fingerprint density at radius 1 is 1.00 bits per heavy atom. The first-order valence-electron chi connectivity index (χ1n) is 6.60. The third kappa shape index (κ3) is 4.79. The summed E-state index contributed by atoms with van der Waals surface area (Å²) in [6, 6.07) is 8.84. The molecule has 0 atom stereocenters. The number of rotatable bonds is 5. The van der Waals surface area contributed by atoms with Gasteiger partial charge in [0.05, 0.1) is 5.60 Å². The average molecular weight is 249 g/mol. The molecule has 0 saturated carbocycles. The van der Waals surface area contributed by atoms with Gasteiger partial charge in [-0.15, -0.1) is 0 Å². The molecule has 0 aliphatic rings. The van der Waals surface area contributed by atoms with Gasteiger partial charge in [-0.05, 0) is 30.4 Å². The number of hydrogen-bond donors (Lipinski definition) is 1. The predicted molar refractivity (Wildman–Crippen MR) is 77.9 cm³/mol. The van der Waals surface area contributed by atoms with Crippen LogP contribution in [-0.4, -0.2) is 19.3 Å². The molecule has 1 rings (SSSR count). The molecule has 0 unspecified atom stereocenters. The molecule has 0 amide bonds. The summed E-state index contributed by atoms with van der Waals surface area (Å²) in [4.78, 5) is 0. The van der Waals surface area contributed by atoms with E-state index in [0.717, 1.165) is 13.1 Å². The predicted octanol–water partition coefficient (Wildman–Crippen LogP) is 3.50.